The van der Waals surface area contributed by atoms with Gasteiger partial charge in [0.05, 0.1) is 13.2 Å². The van der Waals surface area contributed by atoms with Gasteiger partial charge in [0, 0.05) is 38.8 Å². The van der Waals surface area contributed by atoms with Crippen LogP contribution in [0, 0.1) is 5.92 Å². The second-order valence-corrected chi connectivity index (χ2v) is 11.9. The number of piperidine rings is 1. The molecule has 3 amide bonds. The lowest BCUT2D eigenvalue weighted by Gasteiger charge is -2.52. The molecule has 2 aromatic carbocycles. The van der Waals surface area contributed by atoms with E-state index in [-0.39, 0.29) is 23.6 Å². The van der Waals surface area contributed by atoms with Crippen LogP contribution in [0.3, 0.4) is 0 Å². The maximum atomic E-state index is 13.8. The van der Waals surface area contributed by atoms with Gasteiger partial charge in [0.1, 0.15) is 17.3 Å². The molecule has 0 aromatic heterocycles. The van der Waals surface area contributed by atoms with Crippen LogP contribution in [-0.4, -0.2) is 84.1 Å². The number of nitrogens with zero attached hydrogens (tertiary/aromatic N) is 2. The van der Waals surface area contributed by atoms with Crippen molar-refractivity contribution in [1.82, 2.24) is 20.4 Å². The Hall–Kier alpha value is -3.63. The van der Waals surface area contributed by atoms with Crippen LogP contribution in [0.4, 0.5) is 0 Å². The number of amides is 3. The molecular formula is C34H48N4O6. The Morgan fingerprint density at radius 2 is 1.75 bits per heavy atom. The van der Waals surface area contributed by atoms with Gasteiger partial charge in [-0.15, -0.1) is 0 Å². The Morgan fingerprint density at radius 3 is 2.34 bits per heavy atom. The summed E-state index contributed by atoms with van der Waals surface area (Å²) in [5, 5.41) is 16.6. The first-order valence-corrected chi connectivity index (χ1v) is 15.9. The fraction of sp³-hybridized carbons (Fsp3) is 0.559. The van der Waals surface area contributed by atoms with Gasteiger partial charge < -0.3 is 30.1 Å². The van der Waals surface area contributed by atoms with Gasteiger partial charge in [-0.25, -0.2) is 0 Å². The number of methoxy groups -OCH3 is 1. The van der Waals surface area contributed by atoms with Crippen LogP contribution in [0.5, 0.6) is 17.2 Å². The molecule has 240 valence electrons. The van der Waals surface area contributed by atoms with Crippen molar-refractivity contribution in [2.24, 2.45) is 5.92 Å². The highest BCUT2D eigenvalue weighted by Gasteiger charge is 2.55. The Morgan fingerprint density at radius 1 is 1.07 bits per heavy atom. The van der Waals surface area contributed by atoms with Gasteiger partial charge in [0.15, 0.2) is 11.5 Å². The average molecular weight is 609 g/mol. The standard InChI is InChI=1S/C34H48N4O6/c1-6-9-18-38-32(41)29(30(39)24(7-2)8-3)36-33(42)34(38)16-19-37(20-17-34)22-23-10-13-26(14-11-23)44-27-15-12-25(31(40)35-4)21-28(27)43-5/h10-15,21,24,29-30,39H,6-9,16-20,22H2,1-5H3,(H,35,40)(H,36,42)/t29-,30-/m1/s1. The molecule has 2 aliphatic rings. The molecule has 2 atom stereocenters. The summed E-state index contributed by atoms with van der Waals surface area (Å²) in [7, 11) is 3.11. The summed E-state index contributed by atoms with van der Waals surface area (Å²) in [6.07, 6.45) is 3.44. The lowest BCUT2D eigenvalue weighted by atomic mass is 9.79. The predicted octanol–water partition coefficient (Wildman–Crippen LogP) is 4.11. The molecule has 0 radical (unpaired) electrons. The van der Waals surface area contributed by atoms with E-state index in [1.54, 1.807) is 30.1 Å². The molecule has 2 fully saturated rings. The minimum absolute atomic E-state index is 0.0402. The third-order valence-corrected chi connectivity index (χ3v) is 9.26. The summed E-state index contributed by atoms with van der Waals surface area (Å²) in [6, 6.07) is 12.0. The molecule has 0 unspecified atom stereocenters. The molecule has 0 aliphatic carbocycles. The topological polar surface area (TPSA) is 120 Å². The normalized spacial score (nSPS) is 19.2. The largest absolute Gasteiger partial charge is 0.493 e. The van der Waals surface area contributed by atoms with E-state index in [9.17, 15) is 19.5 Å². The Bertz CT molecular complexity index is 1290. The number of aliphatic hydroxyl groups is 1. The van der Waals surface area contributed by atoms with Crippen molar-refractivity contribution in [1.29, 1.82) is 0 Å². The molecule has 2 aliphatic heterocycles. The van der Waals surface area contributed by atoms with Crippen molar-refractivity contribution in [2.75, 3.05) is 33.8 Å². The molecule has 10 nitrogen and oxygen atoms in total. The van der Waals surface area contributed by atoms with E-state index in [2.05, 4.69) is 22.5 Å². The van der Waals surface area contributed by atoms with Crippen molar-refractivity contribution in [3.8, 4) is 17.2 Å². The molecule has 2 saturated heterocycles. The molecule has 2 heterocycles. The maximum absolute atomic E-state index is 13.8. The fourth-order valence-electron chi connectivity index (χ4n) is 6.42. The van der Waals surface area contributed by atoms with Crippen LogP contribution >= 0.6 is 0 Å². The van der Waals surface area contributed by atoms with Crippen molar-refractivity contribution in [2.45, 2.75) is 83.5 Å². The molecule has 4 rings (SSSR count). The van der Waals surface area contributed by atoms with Crippen LogP contribution in [0.1, 0.15) is 75.2 Å². The second-order valence-electron chi connectivity index (χ2n) is 11.9. The first-order valence-electron chi connectivity index (χ1n) is 15.9. The van der Waals surface area contributed by atoms with Crippen molar-refractivity contribution < 1.29 is 29.0 Å². The zero-order valence-electron chi connectivity index (χ0n) is 26.7. The first-order chi connectivity index (χ1) is 21.2. The minimum atomic E-state index is -0.891. The molecule has 10 heteroatoms. The number of hydrogen-bond acceptors (Lipinski definition) is 7. The smallest absolute Gasteiger partial charge is 0.251 e. The number of carbonyl (C=O) groups is 3. The molecule has 3 N–H and O–H groups in total. The molecule has 0 bridgehead atoms. The van der Waals surface area contributed by atoms with Crippen LogP contribution in [0.15, 0.2) is 42.5 Å². The van der Waals surface area contributed by atoms with Crippen LogP contribution in [0.2, 0.25) is 0 Å². The van der Waals surface area contributed by atoms with Crippen LogP contribution in [0.25, 0.3) is 0 Å². The van der Waals surface area contributed by atoms with Crippen molar-refractivity contribution in [3.05, 3.63) is 53.6 Å². The summed E-state index contributed by atoms with van der Waals surface area (Å²) in [6.45, 7) is 8.68. The maximum Gasteiger partial charge on any atom is 0.251 e. The number of piperazine rings is 1. The Labute approximate surface area is 261 Å². The lowest BCUT2D eigenvalue weighted by molar-refractivity contribution is -0.165. The second kappa shape index (κ2) is 14.9. The van der Waals surface area contributed by atoms with Gasteiger partial charge in [0.25, 0.3) is 5.91 Å². The van der Waals surface area contributed by atoms with Gasteiger partial charge in [-0.05, 0) is 61.1 Å². The summed E-state index contributed by atoms with van der Waals surface area (Å²) < 4.78 is 11.5. The number of likely N-dealkylation sites (tertiary alicyclic amines) is 1. The number of benzene rings is 2. The molecule has 1 spiro atoms. The van der Waals surface area contributed by atoms with Gasteiger partial charge >= 0.3 is 0 Å². The molecule has 2 aromatic rings. The van der Waals surface area contributed by atoms with E-state index >= 15 is 0 Å². The van der Waals surface area contributed by atoms with Crippen LogP contribution in [-0.2, 0) is 16.1 Å². The number of aliphatic hydroxyl groups excluding tert-OH is 1. The number of carbonyl (C=O) groups excluding carboxylic acids is 3. The third kappa shape index (κ3) is 7.02. The number of rotatable bonds is 13. The van der Waals surface area contributed by atoms with E-state index < -0.39 is 17.7 Å². The summed E-state index contributed by atoms with van der Waals surface area (Å²) in [4.78, 5) is 43.5. The van der Waals surface area contributed by atoms with E-state index in [1.807, 2.05) is 38.1 Å². The van der Waals surface area contributed by atoms with E-state index in [0.29, 0.717) is 61.8 Å². The minimum Gasteiger partial charge on any atom is -0.493 e. The monoisotopic (exact) mass is 608 g/mol. The summed E-state index contributed by atoms with van der Waals surface area (Å²) >= 11 is 0. The highest BCUT2D eigenvalue weighted by atomic mass is 16.5. The molecule has 0 saturated carbocycles. The SMILES string of the molecule is CCCCN1C(=O)[C@@H]([C@H](O)C(CC)CC)NC(=O)C12CCN(Cc1ccc(Oc3ccc(C(=O)NC)cc3OC)cc1)CC2. The highest BCUT2D eigenvalue weighted by molar-refractivity contribution is 6.00. The van der Waals surface area contributed by atoms with Gasteiger partial charge in [-0.1, -0.05) is 52.2 Å². The van der Waals surface area contributed by atoms with E-state index in [1.165, 1.54) is 7.11 Å². The summed E-state index contributed by atoms with van der Waals surface area (Å²) in [5.74, 6) is 1.09. The number of unbranched alkanes of at least 4 members (excludes halogenated alkanes) is 1. The van der Waals surface area contributed by atoms with Crippen molar-refractivity contribution >= 4 is 17.7 Å². The predicted molar refractivity (Wildman–Crippen MR) is 169 cm³/mol. The highest BCUT2D eigenvalue weighted by Crippen LogP contribution is 2.36. The Balaban J connectivity index is 1.40. The molecule has 44 heavy (non-hydrogen) atoms. The summed E-state index contributed by atoms with van der Waals surface area (Å²) in [5.41, 5.74) is 0.713. The van der Waals surface area contributed by atoms with Gasteiger partial charge in [-0.2, -0.15) is 0 Å². The van der Waals surface area contributed by atoms with Crippen molar-refractivity contribution in [3.63, 3.8) is 0 Å². The zero-order chi connectivity index (χ0) is 31.9. The van der Waals surface area contributed by atoms with Gasteiger partial charge in [0.2, 0.25) is 11.8 Å². The third-order valence-electron chi connectivity index (χ3n) is 9.26. The number of nitrogens with one attached hydrogen (secondary N) is 2. The number of hydrogen-bond donors (Lipinski definition) is 3. The quantitative estimate of drug-likeness (QED) is 0.313. The zero-order valence-corrected chi connectivity index (χ0v) is 26.7. The lowest BCUT2D eigenvalue weighted by Crippen LogP contribution is -2.75. The Kier molecular flexibility index (Phi) is 11.3. The fourth-order valence-corrected chi connectivity index (χ4v) is 6.42. The molecular weight excluding hydrogens is 560 g/mol. The first kappa shape index (κ1) is 33.3. The average Bonchev–Trinajstić information content (AvgIpc) is 3.05. The van der Waals surface area contributed by atoms with E-state index in [0.717, 1.165) is 31.2 Å². The van der Waals surface area contributed by atoms with Crippen LogP contribution < -0.4 is 20.1 Å². The number of ether oxygens (including phenoxy) is 2. The van der Waals surface area contributed by atoms with Gasteiger partial charge in [-0.3, -0.25) is 19.3 Å². The van der Waals surface area contributed by atoms with E-state index in [4.69, 9.17) is 9.47 Å².